The van der Waals surface area contributed by atoms with E-state index in [1.807, 2.05) is 4.90 Å². The molecule has 6 heteroatoms. The van der Waals surface area contributed by atoms with Gasteiger partial charge in [0, 0.05) is 25.7 Å². The molecule has 3 heterocycles. The Morgan fingerprint density at radius 1 is 1.25 bits per heavy atom. The van der Waals surface area contributed by atoms with Crippen molar-refractivity contribution in [2.75, 3.05) is 26.2 Å². The van der Waals surface area contributed by atoms with E-state index in [0.717, 1.165) is 31.8 Å². The van der Waals surface area contributed by atoms with E-state index >= 15 is 0 Å². The lowest BCUT2D eigenvalue weighted by molar-refractivity contribution is -0.139. The highest BCUT2D eigenvalue weighted by Gasteiger charge is 2.44. The van der Waals surface area contributed by atoms with E-state index in [1.54, 1.807) is 0 Å². The van der Waals surface area contributed by atoms with Crippen LogP contribution >= 0.6 is 0 Å². The smallest absolute Gasteiger partial charge is 0.320 e. The van der Waals surface area contributed by atoms with Gasteiger partial charge in [-0.15, -0.1) is 0 Å². The number of fused-ring (bicyclic) bond motifs is 3. The van der Waals surface area contributed by atoms with Crippen LogP contribution in [0.25, 0.3) is 0 Å². The quantitative estimate of drug-likeness (QED) is 0.688. The molecule has 3 amide bonds. The molecule has 0 spiro atoms. The predicted octanol–water partition coefficient (Wildman–Crippen LogP) is 0.180. The van der Waals surface area contributed by atoms with Crippen LogP contribution in [0.5, 0.6) is 0 Å². The largest absolute Gasteiger partial charge is 0.366 e. The van der Waals surface area contributed by atoms with Crippen LogP contribution in [0.15, 0.2) is 0 Å². The number of piperidine rings is 2. The fraction of sp³-hybridized carbons (Fsp3) is 0.857. The summed E-state index contributed by atoms with van der Waals surface area (Å²) in [6.07, 6.45) is 4.52. The number of rotatable bonds is 0. The first-order chi connectivity index (χ1) is 9.70. The number of amides is 3. The third-order valence-corrected chi connectivity index (χ3v) is 5.25. The van der Waals surface area contributed by atoms with Gasteiger partial charge in [0.1, 0.15) is 6.61 Å². The van der Waals surface area contributed by atoms with E-state index in [4.69, 9.17) is 4.74 Å². The second-order valence-electron chi connectivity index (χ2n) is 6.53. The van der Waals surface area contributed by atoms with E-state index < -0.39 is 0 Å². The molecule has 110 valence electrons. The Labute approximate surface area is 118 Å². The van der Waals surface area contributed by atoms with E-state index in [1.165, 1.54) is 12.8 Å². The van der Waals surface area contributed by atoms with Gasteiger partial charge in [-0.05, 0) is 31.6 Å². The number of ether oxygens (including phenoxy) is 1. The summed E-state index contributed by atoms with van der Waals surface area (Å²) in [6, 6.07) is 0.589. The summed E-state index contributed by atoms with van der Waals surface area (Å²) in [5.74, 6) is 0.653. The van der Waals surface area contributed by atoms with Gasteiger partial charge in [0.15, 0.2) is 0 Å². The molecule has 3 aliphatic heterocycles. The molecule has 4 atom stereocenters. The van der Waals surface area contributed by atoms with Crippen molar-refractivity contribution in [2.24, 2.45) is 5.92 Å². The van der Waals surface area contributed by atoms with Crippen LogP contribution in [-0.4, -0.2) is 66.2 Å². The van der Waals surface area contributed by atoms with Crippen LogP contribution in [-0.2, 0) is 9.53 Å². The zero-order chi connectivity index (χ0) is 13.7. The third-order valence-electron chi connectivity index (χ3n) is 5.25. The maximum Gasteiger partial charge on any atom is 0.320 e. The molecule has 0 radical (unpaired) electrons. The van der Waals surface area contributed by atoms with Gasteiger partial charge in [-0.3, -0.25) is 4.79 Å². The lowest BCUT2D eigenvalue weighted by Gasteiger charge is -2.43. The van der Waals surface area contributed by atoms with Gasteiger partial charge in [0.05, 0.1) is 12.1 Å². The Morgan fingerprint density at radius 2 is 2.15 bits per heavy atom. The number of nitrogens with one attached hydrogen (secondary N) is 1. The lowest BCUT2D eigenvalue weighted by atomic mass is 10.0. The number of likely N-dealkylation sites (tertiary alicyclic amines) is 2. The number of morpholine rings is 1. The van der Waals surface area contributed by atoms with Crippen molar-refractivity contribution in [2.45, 2.75) is 43.9 Å². The number of urea groups is 1. The minimum absolute atomic E-state index is 0.0336. The van der Waals surface area contributed by atoms with Crippen LogP contribution in [0.1, 0.15) is 25.7 Å². The average molecular weight is 279 g/mol. The fourth-order valence-electron chi connectivity index (χ4n) is 4.21. The van der Waals surface area contributed by atoms with Crippen molar-refractivity contribution >= 4 is 11.9 Å². The number of carbonyl (C=O) groups is 2. The van der Waals surface area contributed by atoms with Crippen molar-refractivity contribution in [1.29, 1.82) is 0 Å². The molecule has 3 saturated heterocycles. The van der Waals surface area contributed by atoms with Gasteiger partial charge in [-0.1, -0.05) is 0 Å². The minimum Gasteiger partial charge on any atom is -0.366 e. The number of carbonyl (C=O) groups excluding carboxylic acids is 2. The van der Waals surface area contributed by atoms with Gasteiger partial charge in [-0.2, -0.15) is 0 Å². The Kier molecular flexibility index (Phi) is 2.87. The van der Waals surface area contributed by atoms with Crippen molar-refractivity contribution in [3.05, 3.63) is 0 Å². The number of nitrogens with zero attached hydrogens (tertiary/aromatic N) is 2. The van der Waals surface area contributed by atoms with Gasteiger partial charge in [0.25, 0.3) is 0 Å². The summed E-state index contributed by atoms with van der Waals surface area (Å²) >= 11 is 0. The highest BCUT2D eigenvalue weighted by molar-refractivity contribution is 5.79. The molecule has 4 fully saturated rings. The topological polar surface area (TPSA) is 61.9 Å². The summed E-state index contributed by atoms with van der Waals surface area (Å²) in [7, 11) is 0. The summed E-state index contributed by atoms with van der Waals surface area (Å²) in [4.78, 5) is 28.0. The van der Waals surface area contributed by atoms with Gasteiger partial charge in [-0.25, -0.2) is 4.79 Å². The van der Waals surface area contributed by atoms with E-state index in [2.05, 4.69) is 10.2 Å². The molecule has 20 heavy (non-hydrogen) atoms. The Hall–Kier alpha value is -1.30. The normalized spacial score (nSPS) is 39.7. The second kappa shape index (κ2) is 4.62. The summed E-state index contributed by atoms with van der Waals surface area (Å²) in [5, 5.41) is 2.95. The highest BCUT2D eigenvalue weighted by atomic mass is 16.5. The standard InChI is InChI=1S/C14H21N3O3/c18-13-8-20-12-3-4-16(7-11(12)15-13)14(19)17-6-9-1-2-10(17)5-9/h9-12H,1-8H2,(H,15,18)/t9?,10?,11-,12+/m1/s1. The molecule has 4 rings (SSSR count). The van der Waals surface area contributed by atoms with Crippen molar-refractivity contribution in [1.82, 2.24) is 15.1 Å². The molecule has 1 N–H and O–H groups in total. The fourth-order valence-corrected chi connectivity index (χ4v) is 4.21. The summed E-state index contributed by atoms with van der Waals surface area (Å²) < 4.78 is 5.53. The molecule has 1 saturated carbocycles. The van der Waals surface area contributed by atoms with E-state index in [9.17, 15) is 9.59 Å². The molecule has 2 bridgehead atoms. The lowest BCUT2D eigenvalue weighted by Crippen LogP contribution is -2.62. The zero-order valence-corrected chi connectivity index (χ0v) is 11.6. The van der Waals surface area contributed by atoms with E-state index in [0.29, 0.717) is 12.6 Å². The minimum atomic E-state index is -0.0687. The maximum atomic E-state index is 12.6. The number of hydrogen-bond donors (Lipinski definition) is 1. The van der Waals surface area contributed by atoms with Crippen LogP contribution in [0.4, 0.5) is 4.79 Å². The molecule has 0 aromatic rings. The monoisotopic (exact) mass is 279 g/mol. The molecule has 0 aromatic heterocycles. The first kappa shape index (κ1) is 12.4. The third kappa shape index (κ3) is 1.97. The van der Waals surface area contributed by atoms with Crippen LogP contribution in [0.2, 0.25) is 0 Å². The van der Waals surface area contributed by atoms with Crippen molar-refractivity contribution in [3.63, 3.8) is 0 Å². The molecule has 4 aliphatic rings. The number of hydrogen-bond acceptors (Lipinski definition) is 3. The predicted molar refractivity (Wildman–Crippen MR) is 71.1 cm³/mol. The zero-order valence-electron chi connectivity index (χ0n) is 11.6. The molecule has 1 aliphatic carbocycles. The molecular weight excluding hydrogens is 258 g/mol. The second-order valence-corrected chi connectivity index (χ2v) is 6.53. The van der Waals surface area contributed by atoms with Crippen LogP contribution < -0.4 is 5.32 Å². The SMILES string of the molecule is O=C1CO[C@H]2CCN(C(=O)N3CC4CCC3C4)C[C@H]2N1. The first-order valence-corrected chi connectivity index (χ1v) is 7.67. The van der Waals surface area contributed by atoms with E-state index in [-0.39, 0.29) is 30.7 Å². The van der Waals surface area contributed by atoms with Gasteiger partial charge in [0.2, 0.25) is 5.91 Å². The molecule has 0 aromatic carbocycles. The van der Waals surface area contributed by atoms with Crippen molar-refractivity contribution < 1.29 is 14.3 Å². The van der Waals surface area contributed by atoms with Crippen LogP contribution in [0.3, 0.4) is 0 Å². The summed E-state index contributed by atoms with van der Waals surface area (Å²) in [5.41, 5.74) is 0. The van der Waals surface area contributed by atoms with Crippen LogP contribution in [0, 0.1) is 5.92 Å². The van der Waals surface area contributed by atoms with Crippen molar-refractivity contribution in [3.8, 4) is 0 Å². The highest BCUT2D eigenvalue weighted by Crippen LogP contribution is 2.38. The van der Waals surface area contributed by atoms with Gasteiger partial charge < -0.3 is 19.9 Å². The maximum absolute atomic E-state index is 12.6. The average Bonchev–Trinajstić information content (AvgIpc) is 3.08. The first-order valence-electron chi connectivity index (χ1n) is 7.67. The molecule has 2 unspecified atom stereocenters. The van der Waals surface area contributed by atoms with Gasteiger partial charge >= 0.3 is 6.03 Å². The Bertz CT molecular complexity index is 441. The Balaban J connectivity index is 1.42. The molecule has 6 nitrogen and oxygen atoms in total. The Morgan fingerprint density at radius 3 is 2.90 bits per heavy atom. The molecular formula is C14H21N3O3. The summed E-state index contributed by atoms with van der Waals surface area (Å²) in [6.45, 7) is 2.41.